The quantitative estimate of drug-likeness (QED) is 0.483. The summed E-state index contributed by atoms with van der Waals surface area (Å²) in [7, 11) is 0. The summed E-state index contributed by atoms with van der Waals surface area (Å²) in [6, 6.07) is 0.543. The van der Waals surface area contributed by atoms with Crippen LogP contribution in [0.1, 0.15) is 19.8 Å². The molecule has 0 bridgehead atoms. The Hall–Kier alpha value is -0.0100. The number of nitrogens with zero attached hydrogens (tertiary/aromatic N) is 1. The second-order valence-corrected chi connectivity index (χ2v) is 3.99. The van der Waals surface area contributed by atoms with Gasteiger partial charge < -0.3 is 0 Å². The molecule has 0 aliphatic carbocycles. The third-order valence-corrected chi connectivity index (χ3v) is 3.11. The molecule has 0 spiro atoms. The zero-order chi connectivity index (χ0) is 8.97. The van der Waals surface area contributed by atoms with E-state index in [1.807, 2.05) is 6.08 Å². The minimum Gasteiger partial charge on any atom is -0.299 e. The van der Waals surface area contributed by atoms with Gasteiger partial charge in [0.05, 0.1) is 0 Å². The maximum absolute atomic E-state index is 5.79. The Kier molecular flexibility index (Phi) is 4.10. The number of rotatable bonds is 4. The average molecular weight is 188 g/mol. The molecule has 1 saturated heterocycles. The van der Waals surface area contributed by atoms with Crippen LogP contribution in [0.15, 0.2) is 12.7 Å². The summed E-state index contributed by atoms with van der Waals surface area (Å²) in [6.07, 6.45) is 4.50. The van der Waals surface area contributed by atoms with E-state index in [1.165, 1.54) is 19.5 Å². The summed E-state index contributed by atoms with van der Waals surface area (Å²) in [5, 5.41) is 0. The first kappa shape index (κ1) is 10.1. The van der Waals surface area contributed by atoms with Crippen molar-refractivity contribution in [3.05, 3.63) is 12.7 Å². The van der Waals surface area contributed by atoms with Gasteiger partial charge in [-0.25, -0.2) is 0 Å². The second kappa shape index (κ2) is 4.88. The van der Waals surface area contributed by atoms with Gasteiger partial charge in [0, 0.05) is 18.5 Å². The van der Waals surface area contributed by atoms with Gasteiger partial charge in [-0.05, 0) is 32.2 Å². The van der Waals surface area contributed by atoms with E-state index in [4.69, 9.17) is 11.6 Å². The first-order valence-corrected chi connectivity index (χ1v) is 5.22. The summed E-state index contributed by atoms with van der Waals surface area (Å²) < 4.78 is 0. The molecule has 1 aliphatic rings. The van der Waals surface area contributed by atoms with Crippen LogP contribution in [0.4, 0.5) is 0 Å². The number of hydrogen-bond acceptors (Lipinski definition) is 1. The van der Waals surface area contributed by atoms with Gasteiger partial charge in [-0.1, -0.05) is 6.08 Å². The molecule has 0 N–H and O–H groups in total. The molecular formula is C10H18ClN. The minimum atomic E-state index is 0.543. The van der Waals surface area contributed by atoms with Crippen molar-refractivity contribution in [2.24, 2.45) is 5.92 Å². The third kappa shape index (κ3) is 2.49. The molecule has 0 aromatic heterocycles. The molecule has 0 aromatic carbocycles. The van der Waals surface area contributed by atoms with Crippen molar-refractivity contribution in [1.29, 1.82) is 0 Å². The molecular weight excluding hydrogens is 170 g/mol. The number of alkyl halides is 1. The molecule has 1 fully saturated rings. The van der Waals surface area contributed by atoms with Gasteiger partial charge in [0.1, 0.15) is 0 Å². The molecule has 2 atom stereocenters. The van der Waals surface area contributed by atoms with Gasteiger partial charge in [0.25, 0.3) is 0 Å². The number of likely N-dealkylation sites (tertiary alicyclic amines) is 1. The summed E-state index contributed by atoms with van der Waals surface area (Å²) in [4.78, 5) is 2.47. The third-order valence-electron chi connectivity index (χ3n) is 2.66. The second-order valence-electron chi connectivity index (χ2n) is 3.68. The van der Waals surface area contributed by atoms with E-state index >= 15 is 0 Å². The van der Waals surface area contributed by atoms with Crippen LogP contribution in [0.2, 0.25) is 0 Å². The molecule has 12 heavy (non-hydrogen) atoms. The van der Waals surface area contributed by atoms with Crippen LogP contribution in [-0.4, -0.2) is 29.9 Å². The summed E-state index contributed by atoms with van der Waals surface area (Å²) >= 11 is 5.79. The van der Waals surface area contributed by atoms with Crippen LogP contribution in [0.25, 0.3) is 0 Å². The molecule has 1 rings (SSSR count). The Balaban J connectivity index is 2.29. The van der Waals surface area contributed by atoms with Crippen molar-refractivity contribution in [2.75, 3.05) is 19.0 Å². The minimum absolute atomic E-state index is 0.543. The first-order valence-electron chi connectivity index (χ1n) is 4.68. The predicted molar refractivity (Wildman–Crippen MR) is 54.7 cm³/mol. The Bertz CT molecular complexity index is 147. The highest BCUT2D eigenvalue weighted by Gasteiger charge is 2.24. The lowest BCUT2D eigenvalue weighted by Crippen LogP contribution is -2.32. The van der Waals surface area contributed by atoms with Crippen LogP contribution in [-0.2, 0) is 0 Å². The maximum atomic E-state index is 5.79. The fraction of sp³-hybridized carbons (Fsp3) is 0.800. The largest absolute Gasteiger partial charge is 0.299 e. The van der Waals surface area contributed by atoms with E-state index < -0.39 is 0 Å². The van der Waals surface area contributed by atoms with E-state index in [1.54, 1.807) is 0 Å². The van der Waals surface area contributed by atoms with Gasteiger partial charge in [0.2, 0.25) is 0 Å². The normalized spacial score (nSPS) is 27.3. The molecule has 2 unspecified atom stereocenters. The Morgan fingerprint density at radius 1 is 1.75 bits per heavy atom. The summed E-state index contributed by atoms with van der Waals surface area (Å²) in [6.45, 7) is 8.39. The number of hydrogen-bond donors (Lipinski definition) is 0. The lowest BCUT2D eigenvalue weighted by atomic mass is 10.1. The highest BCUT2D eigenvalue weighted by Crippen LogP contribution is 2.21. The molecule has 0 amide bonds. The zero-order valence-electron chi connectivity index (χ0n) is 7.80. The zero-order valence-corrected chi connectivity index (χ0v) is 8.56. The van der Waals surface area contributed by atoms with Crippen LogP contribution in [0.5, 0.6) is 0 Å². The molecule has 0 saturated carbocycles. The molecule has 1 heterocycles. The molecule has 0 aromatic rings. The van der Waals surface area contributed by atoms with E-state index in [2.05, 4.69) is 18.4 Å². The Morgan fingerprint density at radius 2 is 2.50 bits per heavy atom. The van der Waals surface area contributed by atoms with Gasteiger partial charge in [-0.3, -0.25) is 4.90 Å². The highest BCUT2D eigenvalue weighted by molar-refractivity contribution is 6.18. The first-order chi connectivity index (χ1) is 5.77. The van der Waals surface area contributed by atoms with Crippen LogP contribution in [0.3, 0.4) is 0 Å². The van der Waals surface area contributed by atoms with Crippen molar-refractivity contribution in [3.8, 4) is 0 Å². The van der Waals surface area contributed by atoms with Crippen molar-refractivity contribution in [2.45, 2.75) is 25.8 Å². The number of halogens is 1. The average Bonchev–Trinajstić information content (AvgIpc) is 2.52. The van der Waals surface area contributed by atoms with Crippen LogP contribution in [0, 0.1) is 5.92 Å². The fourth-order valence-electron chi connectivity index (χ4n) is 1.79. The van der Waals surface area contributed by atoms with Crippen molar-refractivity contribution < 1.29 is 0 Å². The summed E-state index contributed by atoms with van der Waals surface area (Å²) in [5.41, 5.74) is 0. The maximum Gasteiger partial charge on any atom is 0.0376 e. The smallest absolute Gasteiger partial charge is 0.0376 e. The lowest BCUT2D eigenvalue weighted by molar-refractivity contribution is 0.268. The standard InChI is InChI=1S/C10H18ClN/c1-3-4-10-5-6-12(8-10)9(2)7-11/h3,9-10H,1,4-8H2,2H3. The van der Waals surface area contributed by atoms with Crippen LogP contribution >= 0.6 is 11.6 Å². The lowest BCUT2D eigenvalue weighted by Gasteiger charge is -2.21. The highest BCUT2D eigenvalue weighted by atomic mass is 35.5. The van der Waals surface area contributed by atoms with E-state index in [-0.39, 0.29) is 0 Å². The SMILES string of the molecule is C=CCC1CCN(C(C)CCl)C1. The van der Waals surface area contributed by atoms with E-state index in [9.17, 15) is 0 Å². The van der Waals surface area contributed by atoms with Crippen LogP contribution < -0.4 is 0 Å². The van der Waals surface area contributed by atoms with Gasteiger partial charge in [-0.2, -0.15) is 0 Å². The van der Waals surface area contributed by atoms with Crippen molar-refractivity contribution in [3.63, 3.8) is 0 Å². The molecule has 70 valence electrons. The van der Waals surface area contributed by atoms with Gasteiger partial charge in [-0.15, -0.1) is 18.2 Å². The van der Waals surface area contributed by atoms with E-state index in [0.29, 0.717) is 6.04 Å². The molecule has 1 nitrogen and oxygen atoms in total. The topological polar surface area (TPSA) is 3.24 Å². The summed E-state index contributed by atoms with van der Waals surface area (Å²) in [5.74, 6) is 1.58. The Labute approximate surface area is 80.4 Å². The monoisotopic (exact) mass is 187 g/mol. The molecule has 0 radical (unpaired) electrons. The van der Waals surface area contributed by atoms with Crippen molar-refractivity contribution >= 4 is 11.6 Å². The van der Waals surface area contributed by atoms with Crippen molar-refractivity contribution in [1.82, 2.24) is 4.90 Å². The van der Waals surface area contributed by atoms with Gasteiger partial charge in [0.15, 0.2) is 0 Å². The molecule has 2 heteroatoms. The predicted octanol–water partition coefficient (Wildman–Crippen LogP) is 2.51. The van der Waals surface area contributed by atoms with Gasteiger partial charge >= 0.3 is 0 Å². The van der Waals surface area contributed by atoms with E-state index in [0.717, 1.165) is 18.2 Å². The molecule has 1 aliphatic heterocycles. The Morgan fingerprint density at radius 3 is 3.08 bits per heavy atom. The fourth-order valence-corrected chi connectivity index (χ4v) is 1.98. The number of allylic oxidation sites excluding steroid dienone is 1.